The summed E-state index contributed by atoms with van der Waals surface area (Å²) < 4.78 is 5.73. The molecule has 2 unspecified atom stereocenters. The Morgan fingerprint density at radius 2 is 2.24 bits per heavy atom. The van der Waals surface area contributed by atoms with Crippen LogP contribution >= 0.6 is 15.9 Å². The van der Waals surface area contributed by atoms with Crippen LogP contribution in [0.2, 0.25) is 0 Å². The number of alkyl halides is 1. The maximum Gasteiger partial charge on any atom is 0.230 e. The van der Waals surface area contributed by atoms with Gasteiger partial charge in [-0.2, -0.15) is 0 Å². The van der Waals surface area contributed by atoms with E-state index in [-0.39, 0.29) is 4.83 Å². The van der Waals surface area contributed by atoms with Crippen molar-refractivity contribution in [2.75, 3.05) is 0 Å². The Hall–Kier alpha value is -1.16. The summed E-state index contributed by atoms with van der Waals surface area (Å²) in [6.45, 7) is 2.09. The highest BCUT2D eigenvalue weighted by Gasteiger charge is 2.31. The highest BCUT2D eigenvalue weighted by Crippen LogP contribution is 2.40. The monoisotopic (exact) mass is 292 g/mol. The molecule has 3 nitrogen and oxygen atoms in total. The van der Waals surface area contributed by atoms with Gasteiger partial charge in [0.05, 0.1) is 10.7 Å². The molecule has 2 atom stereocenters. The fourth-order valence-corrected chi connectivity index (χ4v) is 2.35. The molecule has 1 aliphatic rings. The second-order valence-electron chi connectivity index (χ2n) is 4.31. The molecular formula is C13H13BrN2O. The van der Waals surface area contributed by atoms with Gasteiger partial charge in [0, 0.05) is 0 Å². The highest BCUT2D eigenvalue weighted by molar-refractivity contribution is 9.09. The third-order valence-corrected chi connectivity index (χ3v) is 4.27. The topological polar surface area (TPSA) is 38.9 Å². The van der Waals surface area contributed by atoms with Crippen molar-refractivity contribution in [3.05, 3.63) is 47.2 Å². The van der Waals surface area contributed by atoms with E-state index in [2.05, 4.69) is 57.3 Å². The van der Waals surface area contributed by atoms with Crippen molar-refractivity contribution in [2.45, 2.75) is 30.5 Å². The van der Waals surface area contributed by atoms with Crippen LogP contribution in [0.3, 0.4) is 0 Å². The van der Waals surface area contributed by atoms with Gasteiger partial charge in [0.25, 0.3) is 0 Å². The normalized spacial score (nSPS) is 19.5. The molecule has 0 saturated heterocycles. The summed E-state index contributed by atoms with van der Waals surface area (Å²) in [6.07, 6.45) is 1.96. The SMILES string of the molecule is CCC(Br)c1nnc(C2Cc3ccccc32)o1. The minimum atomic E-state index is 0.166. The van der Waals surface area contributed by atoms with Crippen molar-refractivity contribution in [1.82, 2.24) is 10.2 Å². The molecule has 0 radical (unpaired) electrons. The lowest BCUT2D eigenvalue weighted by Crippen LogP contribution is -2.18. The molecule has 0 fully saturated rings. The van der Waals surface area contributed by atoms with E-state index >= 15 is 0 Å². The van der Waals surface area contributed by atoms with Gasteiger partial charge in [-0.1, -0.05) is 47.1 Å². The highest BCUT2D eigenvalue weighted by atomic mass is 79.9. The minimum absolute atomic E-state index is 0.166. The molecule has 0 spiro atoms. The van der Waals surface area contributed by atoms with E-state index in [1.54, 1.807) is 0 Å². The van der Waals surface area contributed by atoms with Gasteiger partial charge in [0.15, 0.2) is 0 Å². The second-order valence-corrected chi connectivity index (χ2v) is 5.42. The Labute approximate surface area is 108 Å². The first kappa shape index (κ1) is 11.0. The van der Waals surface area contributed by atoms with Crippen LogP contribution in [-0.2, 0) is 6.42 Å². The van der Waals surface area contributed by atoms with Crippen molar-refractivity contribution >= 4 is 15.9 Å². The summed E-state index contributed by atoms with van der Waals surface area (Å²) in [5.74, 6) is 1.73. The van der Waals surface area contributed by atoms with Crippen LogP contribution in [0, 0.1) is 0 Å². The van der Waals surface area contributed by atoms with Gasteiger partial charge < -0.3 is 4.42 Å². The molecule has 1 aromatic carbocycles. The lowest BCUT2D eigenvalue weighted by atomic mass is 9.77. The van der Waals surface area contributed by atoms with Crippen LogP contribution in [0.25, 0.3) is 0 Å². The van der Waals surface area contributed by atoms with E-state index in [9.17, 15) is 0 Å². The Balaban J connectivity index is 1.86. The summed E-state index contributed by atoms with van der Waals surface area (Å²) in [6, 6.07) is 8.42. The molecular weight excluding hydrogens is 280 g/mol. The molecule has 2 aromatic rings. The quantitative estimate of drug-likeness (QED) is 0.812. The number of hydrogen-bond donors (Lipinski definition) is 0. The van der Waals surface area contributed by atoms with Gasteiger partial charge in [-0.05, 0) is 24.0 Å². The van der Waals surface area contributed by atoms with Crippen molar-refractivity contribution in [3.63, 3.8) is 0 Å². The average molecular weight is 293 g/mol. The van der Waals surface area contributed by atoms with Gasteiger partial charge in [0.1, 0.15) is 0 Å². The maximum atomic E-state index is 5.73. The fraction of sp³-hybridized carbons (Fsp3) is 0.385. The summed E-state index contributed by atoms with van der Waals surface area (Å²) in [5, 5.41) is 8.26. The molecule has 1 aliphatic carbocycles. The number of benzene rings is 1. The lowest BCUT2D eigenvalue weighted by Gasteiger charge is -2.26. The number of nitrogens with zero attached hydrogens (tertiary/aromatic N) is 2. The fourth-order valence-electron chi connectivity index (χ4n) is 2.17. The zero-order valence-corrected chi connectivity index (χ0v) is 11.1. The summed E-state index contributed by atoms with van der Waals surface area (Å²) in [7, 11) is 0. The van der Waals surface area contributed by atoms with E-state index < -0.39 is 0 Å². The van der Waals surface area contributed by atoms with Crippen molar-refractivity contribution < 1.29 is 4.42 Å². The summed E-state index contributed by atoms with van der Waals surface area (Å²) >= 11 is 3.52. The van der Waals surface area contributed by atoms with Crippen LogP contribution < -0.4 is 0 Å². The Bertz CT molecular complexity index is 538. The van der Waals surface area contributed by atoms with E-state index in [0.29, 0.717) is 11.8 Å². The first-order valence-corrected chi connectivity index (χ1v) is 6.76. The molecule has 4 heteroatoms. The summed E-state index contributed by atoms with van der Waals surface area (Å²) in [5.41, 5.74) is 2.72. The van der Waals surface area contributed by atoms with Gasteiger partial charge in [-0.25, -0.2) is 0 Å². The van der Waals surface area contributed by atoms with Crippen molar-refractivity contribution in [2.24, 2.45) is 0 Å². The molecule has 3 rings (SSSR count). The molecule has 0 aliphatic heterocycles. The largest absolute Gasteiger partial charge is 0.423 e. The Kier molecular flexibility index (Phi) is 2.74. The predicted octanol–water partition coefficient (Wildman–Crippen LogP) is 3.60. The van der Waals surface area contributed by atoms with Gasteiger partial charge in [0.2, 0.25) is 11.8 Å². The van der Waals surface area contributed by atoms with Crippen molar-refractivity contribution in [1.29, 1.82) is 0 Å². The number of rotatable bonds is 3. The number of halogens is 1. The zero-order chi connectivity index (χ0) is 11.8. The van der Waals surface area contributed by atoms with Gasteiger partial charge in [-0.15, -0.1) is 10.2 Å². The first-order chi connectivity index (χ1) is 8.29. The molecule has 88 valence electrons. The molecule has 0 N–H and O–H groups in total. The third-order valence-electron chi connectivity index (χ3n) is 3.24. The van der Waals surface area contributed by atoms with Crippen LogP contribution in [-0.4, -0.2) is 10.2 Å². The minimum Gasteiger partial charge on any atom is -0.423 e. The molecule has 17 heavy (non-hydrogen) atoms. The van der Waals surface area contributed by atoms with Crippen LogP contribution in [0.1, 0.15) is 47.0 Å². The van der Waals surface area contributed by atoms with Crippen LogP contribution in [0.15, 0.2) is 28.7 Å². The molecule has 0 bridgehead atoms. The second kappa shape index (κ2) is 4.26. The van der Waals surface area contributed by atoms with Gasteiger partial charge >= 0.3 is 0 Å². The van der Waals surface area contributed by atoms with E-state index in [0.717, 1.165) is 18.7 Å². The number of aromatic nitrogens is 2. The van der Waals surface area contributed by atoms with E-state index in [1.807, 2.05) is 0 Å². The van der Waals surface area contributed by atoms with E-state index in [4.69, 9.17) is 4.42 Å². The average Bonchev–Trinajstić information content (AvgIpc) is 2.79. The Morgan fingerprint density at radius 3 is 3.00 bits per heavy atom. The van der Waals surface area contributed by atoms with Crippen molar-refractivity contribution in [3.8, 4) is 0 Å². The lowest BCUT2D eigenvalue weighted by molar-refractivity contribution is 0.416. The smallest absolute Gasteiger partial charge is 0.230 e. The van der Waals surface area contributed by atoms with Gasteiger partial charge in [-0.3, -0.25) is 0 Å². The zero-order valence-electron chi connectivity index (χ0n) is 9.56. The predicted molar refractivity (Wildman–Crippen MR) is 68.2 cm³/mol. The standard InChI is InChI=1S/C13H13BrN2O/c1-2-11(14)13-16-15-12(17-13)10-7-8-5-3-4-6-9(8)10/h3-6,10-11H,2,7H2,1H3. The third kappa shape index (κ3) is 1.80. The summed E-state index contributed by atoms with van der Waals surface area (Å²) in [4.78, 5) is 0.166. The van der Waals surface area contributed by atoms with E-state index in [1.165, 1.54) is 11.1 Å². The van der Waals surface area contributed by atoms with Crippen LogP contribution in [0.5, 0.6) is 0 Å². The number of hydrogen-bond acceptors (Lipinski definition) is 3. The number of fused-ring (bicyclic) bond motifs is 1. The molecule has 0 amide bonds. The molecule has 1 aromatic heterocycles. The Morgan fingerprint density at radius 1 is 1.41 bits per heavy atom. The molecule has 0 saturated carbocycles. The maximum absolute atomic E-state index is 5.73. The first-order valence-electron chi connectivity index (χ1n) is 5.84. The van der Waals surface area contributed by atoms with Crippen LogP contribution in [0.4, 0.5) is 0 Å². The molecule has 1 heterocycles.